The van der Waals surface area contributed by atoms with Crippen LogP contribution in [-0.4, -0.2) is 46.7 Å². The van der Waals surface area contributed by atoms with E-state index >= 15 is 0 Å². The average molecular weight is 452 g/mol. The Labute approximate surface area is 183 Å². The molecule has 1 aliphatic rings. The largest absolute Gasteiger partial charge is 0.420 e. The van der Waals surface area contributed by atoms with E-state index in [1.807, 2.05) is 0 Å². The number of ether oxygens (including phenoxy) is 1. The van der Waals surface area contributed by atoms with Gasteiger partial charge in [-0.25, -0.2) is 8.42 Å². The second-order valence-corrected chi connectivity index (χ2v) is 9.34. The molecule has 3 aromatic heterocycles. The number of rotatable bonds is 5. The van der Waals surface area contributed by atoms with E-state index in [4.69, 9.17) is 4.74 Å². The molecule has 0 atom stereocenters. The minimum absolute atomic E-state index is 0.0207. The topological polar surface area (TPSA) is 143 Å². The number of pyridine rings is 1. The van der Waals surface area contributed by atoms with Gasteiger partial charge in [0.15, 0.2) is 5.75 Å². The van der Waals surface area contributed by atoms with Crippen molar-refractivity contribution in [1.29, 1.82) is 0 Å². The molecule has 0 amide bonds. The SMILES string of the molecule is O=c1[nH]c(Oc2c(S(=O)(=O)c3ccccc3)n[nH]c2C2CCNCC2)nc2cnccc12. The van der Waals surface area contributed by atoms with Crippen LogP contribution in [0.4, 0.5) is 0 Å². The van der Waals surface area contributed by atoms with Crippen LogP contribution in [0.3, 0.4) is 0 Å². The second-order valence-electron chi connectivity index (χ2n) is 7.48. The molecule has 0 unspecified atom stereocenters. The summed E-state index contributed by atoms with van der Waals surface area (Å²) in [6.07, 6.45) is 4.52. The summed E-state index contributed by atoms with van der Waals surface area (Å²) in [5.41, 5.74) is 0.493. The van der Waals surface area contributed by atoms with E-state index in [9.17, 15) is 13.2 Å². The lowest BCUT2D eigenvalue weighted by molar-refractivity contribution is 0.402. The van der Waals surface area contributed by atoms with E-state index in [1.165, 1.54) is 24.5 Å². The van der Waals surface area contributed by atoms with Crippen molar-refractivity contribution in [3.05, 3.63) is 64.8 Å². The van der Waals surface area contributed by atoms with Gasteiger partial charge < -0.3 is 10.1 Å². The van der Waals surface area contributed by atoms with Gasteiger partial charge in [-0.1, -0.05) is 18.2 Å². The Kier molecular flexibility index (Phi) is 5.19. The number of H-pyrrole nitrogens is 2. The van der Waals surface area contributed by atoms with E-state index in [0.29, 0.717) is 16.6 Å². The van der Waals surface area contributed by atoms with E-state index in [2.05, 4.69) is 30.5 Å². The molecule has 4 heterocycles. The van der Waals surface area contributed by atoms with Crippen LogP contribution in [0.5, 0.6) is 11.8 Å². The van der Waals surface area contributed by atoms with Gasteiger partial charge in [0.2, 0.25) is 14.9 Å². The van der Waals surface area contributed by atoms with Crippen LogP contribution >= 0.6 is 0 Å². The lowest BCUT2D eigenvalue weighted by Crippen LogP contribution is -2.27. The first-order valence-electron chi connectivity index (χ1n) is 10.1. The summed E-state index contributed by atoms with van der Waals surface area (Å²) >= 11 is 0. The molecule has 3 N–H and O–H groups in total. The zero-order chi connectivity index (χ0) is 22.1. The summed E-state index contributed by atoms with van der Waals surface area (Å²) in [7, 11) is -3.98. The van der Waals surface area contributed by atoms with Crippen molar-refractivity contribution < 1.29 is 13.2 Å². The highest BCUT2D eigenvalue weighted by molar-refractivity contribution is 7.91. The van der Waals surface area contributed by atoms with Gasteiger partial charge in [-0.3, -0.25) is 19.9 Å². The van der Waals surface area contributed by atoms with E-state index < -0.39 is 15.4 Å². The zero-order valence-electron chi connectivity index (χ0n) is 16.9. The molecule has 164 valence electrons. The van der Waals surface area contributed by atoms with Crippen molar-refractivity contribution in [3.63, 3.8) is 0 Å². The van der Waals surface area contributed by atoms with Gasteiger partial charge in [0, 0.05) is 12.1 Å². The highest BCUT2D eigenvalue weighted by Gasteiger charge is 2.32. The molecular formula is C21H20N6O4S. The van der Waals surface area contributed by atoms with Gasteiger partial charge in [-0.2, -0.15) is 10.1 Å². The van der Waals surface area contributed by atoms with Crippen molar-refractivity contribution in [2.75, 3.05) is 13.1 Å². The summed E-state index contributed by atoms with van der Waals surface area (Å²) < 4.78 is 32.6. The Morgan fingerprint density at radius 1 is 1.06 bits per heavy atom. The van der Waals surface area contributed by atoms with Crippen molar-refractivity contribution in [3.8, 4) is 11.8 Å². The van der Waals surface area contributed by atoms with E-state index in [1.54, 1.807) is 24.3 Å². The number of benzene rings is 1. The van der Waals surface area contributed by atoms with Gasteiger partial charge in [0.1, 0.15) is 0 Å². The van der Waals surface area contributed by atoms with Gasteiger partial charge in [0.05, 0.1) is 27.7 Å². The molecule has 0 spiro atoms. The molecule has 1 saturated heterocycles. The number of sulfone groups is 1. The van der Waals surface area contributed by atoms with Crippen molar-refractivity contribution in [2.24, 2.45) is 0 Å². The number of nitrogens with one attached hydrogen (secondary N) is 3. The first-order valence-corrected chi connectivity index (χ1v) is 11.6. The Morgan fingerprint density at radius 2 is 1.84 bits per heavy atom. The third kappa shape index (κ3) is 3.65. The summed E-state index contributed by atoms with van der Waals surface area (Å²) in [6, 6.07) is 9.44. The quantitative estimate of drug-likeness (QED) is 0.418. The molecule has 1 aromatic carbocycles. The molecule has 5 rings (SSSR count). The standard InChI is InChI=1S/C21H20N6O4S/c28-19-15-8-11-23-12-16(15)24-21(25-19)31-18-17(13-6-9-22-10-7-13)26-27-20(18)32(29,30)14-4-2-1-3-5-14/h1-5,8,11-13,22H,6-7,9-10H2,(H,26,27)(H,24,25,28). The zero-order valence-corrected chi connectivity index (χ0v) is 17.7. The summed E-state index contributed by atoms with van der Waals surface area (Å²) in [4.78, 5) is 23.4. The normalized spacial score (nSPS) is 15.1. The molecule has 0 radical (unpaired) electrons. The van der Waals surface area contributed by atoms with E-state index in [-0.39, 0.29) is 27.6 Å². The molecular weight excluding hydrogens is 432 g/mol. The van der Waals surface area contributed by atoms with Crippen LogP contribution in [0.25, 0.3) is 10.9 Å². The fourth-order valence-corrected chi connectivity index (χ4v) is 5.12. The van der Waals surface area contributed by atoms with Gasteiger partial charge in [-0.15, -0.1) is 0 Å². The number of piperidine rings is 1. The first kappa shape index (κ1) is 20.3. The molecule has 1 fully saturated rings. The Balaban J connectivity index is 1.64. The molecule has 0 saturated carbocycles. The van der Waals surface area contributed by atoms with Crippen molar-refractivity contribution in [1.82, 2.24) is 30.5 Å². The van der Waals surface area contributed by atoms with Crippen LogP contribution in [0.2, 0.25) is 0 Å². The number of fused-ring (bicyclic) bond motifs is 1. The summed E-state index contributed by atoms with van der Waals surface area (Å²) in [6.45, 7) is 1.58. The predicted octanol–water partition coefficient (Wildman–Crippen LogP) is 2.13. The Morgan fingerprint density at radius 3 is 2.62 bits per heavy atom. The third-order valence-corrected chi connectivity index (χ3v) is 7.14. The van der Waals surface area contributed by atoms with Crippen molar-refractivity contribution >= 4 is 20.7 Å². The fourth-order valence-electron chi connectivity index (χ4n) is 3.82. The maximum Gasteiger partial charge on any atom is 0.302 e. The minimum Gasteiger partial charge on any atom is -0.420 e. The predicted molar refractivity (Wildman–Crippen MR) is 116 cm³/mol. The molecule has 4 aromatic rings. The number of hydrogen-bond acceptors (Lipinski definition) is 8. The summed E-state index contributed by atoms with van der Waals surface area (Å²) in [5, 5.41) is 10.4. The van der Waals surface area contributed by atoms with Gasteiger partial charge >= 0.3 is 6.01 Å². The van der Waals surface area contributed by atoms with Crippen LogP contribution in [0, 0.1) is 0 Å². The Bertz CT molecular complexity index is 1430. The maximum atomic E-state index is 13.3. The monoisotopic (exact) mass is 452 g/mol. The first-order chi connectivity index (χ1) is 15.5. The Hall–Kier alpha value is -3.57. The average Bonchev–Trinajstić information content (AvgIpc) is 3.24. The molecule has 0 bridgehead atoms. The van der Waals surface area contributed by atoms with Crippen LogP contribution in [0.1, 0.15) is 24.5 Å². The van der Waals surface area contributed by atoms with Crippen LogP contribution in [-0.2, 0) is 9.84 Å². The smallest absolute Gasteiger partial charge is 0.302 e. The van der Waals surface area contributed by atoms with Crippen LogP contribution in [0.15, 0.2) is 63.5 Å². The molecule has 11 heteroatoms. The third-order valence-electron chi connectivity index (χ3n) is 5.46. The number of hydrogen-bond donors (Lipinski definition) is 3. The highest BCUT2D eigenvalue weighted by atomic mass is 32.2. The molecule has 0 aliphatic carbocycles. The summed E-state index contributed by atoms with van der Waals surface area (Å²) in [5.74, 6) is 0.0689. The lowest BCUT2D eigenvalue weighted by Gasteiger charge is -2.22. The van der Waals surface area contributed by atoms with Gasteiger partial charge in [-0.05, 0) is 44.1 Å². The van der Waals surface area contributed by atoms with Gasteiger partial charge in [0.25, 0.3) is 5.56 Å². The molecule has 10 nitrogen and oxygen atoms in total. The van der Waals surface area contributed by atoms with Crippen molar-refractivity contribution in [2.45, 2.75) is 28.7 Å². The lowest BCUT2D eigenvalue weighted by atomic mass is 9.94. The van der Waals surface area contributed by atoms with Crippen LogP contribution < -0.4 is 15.6 Å². The second kappa shape index (κ2) is 8.17. The highest BCUT2D eigenvalue weighted by Crippen LogP contribution is 2.39. The number of nitrogens with zero attached hydrogens (tertiary/aromatic N) is 3. The minimum atomic E-state index is -3.98. The number of aromatic nitrogens is 5. The van der Waals surface area contributed by atoms with E-state index in [0.717, 1.165) is 25.9 Å². The number of aromatic amines is 2. The molecule has 32 heavy (non-hydrogen) atoms. The fraction of sp³-hybridized carbons (Fsp3) is 0.238. The maximum absolute atomic E-state index is 13.3. The molecule has 1 aliphatic heterocycles.